The zero-order chi connectivity index (χ0) is 28.7. The molecule has 40 heavy (non-hydrogen) atoms. The number of ether oxygens (including phenoxy) is 1. The summed E-state index contributed by atoms with van der Waals surface area (Å²) < 4.78 is 5.51. The summed E-state index contributed by atoms with van der Waals surface area (Å²) in [5.74, 6) is -0.566. The van der Waals surface area contributed by atoms with Gasteiger partial charge in [-0.3, -0.25) is 9.59 Å². The molecule has 7 nitrogen and oxygen atoms in total. The van der Waals surface area contributed by atoms with Gasteiger partial charge in [0.25, 0.3) is 0 Å². The second kappa shape index (κ2) is 12.8. The van der Waals surface area contributed by atoms with Crippen molar-refractivity contribution in [2.45, 2.75) is 77.2 Å². The van der Waals surface area contributed by atoms with E-state index in [-0.39, 0.29) is 24.3 Å². The van der Waals surface area contributed by atoms with Crippen LogP contribution in [0.15, 0.2) is 84.9 Å². The van der Waals surface area contributed by atoms with Gasteiger partial charge in [0.2, 0.25) is 11.8 Å². The first-order chi connectivity index (χ1) is 19.1. The number of hydrogen-bond acceptors (Lipinski definition) is 4. The Morgan fingerprint density at radius 3 is 2.10 bits per heavy atom. The van der Waals surface area contributed by atoms with Gasteiger partial charge in [-0.1, -0.05) is 90.5 Å². The van der Waals surface area contributed by atoms with Crippen molar-refractivity contribution in [3.63, 3.8) is 0 Å². The van der Waals surface area contributed by atoms with Gasteiger partial charge in [-0.25, -0.2) is 4.79 Å². The largest absolute Gasteiger partial charge is 0.444 e. The summed E-state index contributed by atoms with van der Waals surface area (Å²) >= 11 is 0. The predicted molar refractivity (Wildman–Crippen MR) is 155 cm³/mol. The van der Waals surface area contributed by atoms with Crippen LogP contribution >= 0.6 is 0 Å². The van der Waals surface area contributed by atoms with Gasteiger partial charge in [-0.2, -0.15) is 0 Å². The fourth-order valence-electron chi connectivity index (χ4n) is 4.71. The number of alkyl carbamates (subject to hydrolysis) is 1. The lowest BCUT2D eigenvalue weighted by molar-refractivity contribution is -0.143. The summed E-state index contributed by atoms with van der Waals surface area (Å²) in [7, 11) is 0. The van der Waals surface area contributed by atoms with E-state index in [1.807, 2.05) is 91.9 Å². The van der Waals surface area contributed by atoms with E-state index in [0.29, 0.717) is 6.54 Å². The molecule has 0 radical (unpaired) electrons. The number of carbonyl (C=O) groups excluding carboxylic acids is 3. The Labute approximate surface area is 236 Å². The Hall–Kier alpha value is -4.13. The number of nitrogens with zero attached hydrogens (tertiary/aromatic N) is 1. The van der Waals surface area contributed by atoms with Crippen molar-refractivity contribution in [2.24, 2.45) is 0 Å². The number of aryl methyl sites for hydroxylation is 1. The second-order valence-electron chi connectivity index (χ2n) is 11.4. The Balaban J connectivity index is 1.67. The molecule has 0 aromatic heterocycles. The molecule has 210 valence electrons. The van der Waals surface area contributed by atoms with Gasteiger partial charge in [-0.05, 0) is 57.2 Å². The van der Waals surface area contributed by atoms with Crippen molar-refractivity contribution < 1.29 is 19.1 Å². The third-order valence-electron chi connectivity index (χ3n) is 6.66. The summed E-state index contributed by atoms with van der Waals surface area (Å²) in [6.45, 7) is 7.65. The monoisotopic (exact) mass is 541 g/mol. The molecule has 0 bridgehead atoms. The molecule has 0 aliphatic heterocycles. The summed E-state index contributed by atoms with van der Waals surface area (Å²) in [5.41, 5.74) is 2.88. The SMILES string of the molecule is Cc1cccc(C(C(=O)NCc2ccccc2)N(C(=O)C(Cc2ccccc2)NC(=O)OC(C)(C)C)C2CC2)c1. The molecule has 0 heterocycles. The summed E-state index contributed by atoms with van der Waals surface area (Å²) in [4.78, 5) is 42.8. The first-order valence-electron chi connectivity index (χ1n) is 13.8. The van der Waals surface area contributed by atoms with Gasteiger partial charge in [0, 0.05) is 19.0 Å². The van der Waals surface area contributed by atoms with Gasteiger partial charge in [0.05, 0.1) is 0 Å². The lowest BCUT2D eigenvalue weighted by Gasteiger charge is -2.35. The number of benzene rings is 3. The van der Waals surface area contributed by atoms with E-state index in [9.17, 15) is 14.4 Å². The van der Waals surface area contributed by atoms with Crippen LogP contribution in [0.4, 0.5) is 4.79 Å². The highest BCUT2D eigenvalue weighted by Crippen LogP contribution is 2.36. The summed E-state index contributed by atoms with van der Waals surface area (Å²) in [6.07, 6.45) is 1.20. The highest BCUT2D eigenvalue weighted by molar-refractivity contribution is 5.92. The maximum atomic E-state index is 14.4. The van der Waals surface area contributed by atoms with Crippen molar-refractivity contribution in [3.8, 4) is 0 Å². The predicted octanol–water partition coefficient (Wildman–Crippen LogP) is 5.48. The summed E-state index contributed by atoms with van der Waals surface area (Å²) in [5, 5.41) is 5.87. The molecule has 2 atom stereocenters. The second-order valence-corrected chi connectivity index (χ2v) is 11.4. The van der Waals surface area contributed by atoms with Crippen LogP contribution in [0.1, 0.15) is 61.9 Å². The van der Waals surface area contributed by atoms with E-state index in [2.05, 4.69) is 10.6 Å². The van der Waals surface area contributed by atoms with Crippen LogP contribution in [0.25, 0.3) is 0 Å². The van der Waals surface area contributed by atoms with Crippen LogP contribution in [0.2, 0.25) is 0 Å². The van der Waals surface area contributed by atoms with E-state index >= 15 is 0 Å². The maximum absolute atomic E-state index is 14.4. The molecular formula is C33H39N3O4. The Morgan fingerprint density at radius 1 is 0.900 bits per heavy atom. The van der Waals surface area contributed by atoms with Crippen molar-refractivity contribution in [2.75, 3.05) is 0 Å². The molecular weight excluding hydrogens is 502 g/mol. The van der Waals surface area contributed by atoms with Crippen LogP contribution in [0.3, 0.4) is 0 Å². The molecule has 0 saturated heterocycles. The third-order valence-corrected chi connectivity index (χ3v) is 6.66. The molecule has 3 aromatic carbocycles. The molecule has 1 saturated carbocycles. The van der Waals surface area contributed by atoms with E-state index in [0.717, 1.165) is 35.1 Å². The minimum Gasteiger partial charge on any atom is -0.444 e. The zero-order valence-corrected chi connectivity index (χ0v) is 23.7. The molecule has 3 amide bonds. The zero-order valence-electron chi connectivity index (χ0n) is 23.7. The van der Waals surface area contributed by atoms with E-state index in [1.165, 1.54) is 0 Å². The quantitative estimate of drug-likeness (QED) is 0.356. The smallest absolute Gasteiger partial charge is 0.408 e. The van der Waals surface area contributed by atoms with Crippen LogP contribution in [-0.2, 0) is 27.3 Å². The number of nitrogens with one attached hydrogen (secondary N) is 2. The lowest BCUT2D eigenvalue weighted by Crippen LogP contribution is -2.54. The minimum atomic E-state index is -0.910. The molecule has 1 aliphatic carbocycles. The van der Waals surface area contributed by atoms with Gasteiger partial charge in [0.1, 0.15) is 17.7 Å². The minimum absolute atomic E-state index is 0.0980. The van der Waals surface area contributed by atoms with E-state index in [1.54, 1.807) is 25.7 Å². The van der Waals surface area contributed by atoms with Crippen molar-refractivity contribution in [1.29, 1.82) is 0 Å². The third kappa shape index (κ3) is 8.18. The molecule has 3 aromatic rings. The normalized spacial score (nSPS) is 14.5. The molecule has 2 unspecified atom stereocenters. The average molecular weight is 542 g/mol. The van der Waals surface area contributed by atoms with Crippen molar-refractivity contribution >= 4 is 17.9 Å². The standard InChI is InChI=1S/C33H39N3O4/c1-23-12-11-17-26(20-23)29(30(37)34-22-25-15-9-6-10-16-25)36(27-18-19-27)31(38)28(21-24-13-7-5-8-14-24)35-32(39)40-33(2,3)4/h5-17,20,27-29H,18-19,21-22H2,1-4H3,(H,34,37)(H,35,39). The van der Waals surface area contributed by atoms with Crippen LogP contribution in [-0.4, -0.2) is 40.5 Å². The van der Waals surface area contributed by atoms with Crippen molar-refractivity contribution in [3.05, 3.63) is 107 Å². The Bertz CT molecular complexity index is 1300. The molecule has 1 fully saturated rings. The van der Waals surface area contributed by atoms with Crippen LogP contribution in [0.5, 0.6) is 0 Å². The average Bonchev–Trinajstić information content (AvgIpc) is 3.75. The highest BCUT2D eigenvalue weighted by atomic mass is 16.6. The highest BCUT2D eigenvalue weighted by Gasteiger charge is 2.44. The molecule has 1 aliphatic rings. The van der Waals surface area contributed by atoms with Gasteiger partial charge in [0.15, 0.2) is 0 Å². The fraction of sp³-hybridized carbons (Fsp3) is 0.364. The number of rotatable bonds is 10. The molecule has 4 rings (SSSR count). The molecule has 2 N–H and O–H groups in total. The first kappa shape index (κ1) is 28.9. The Kier molecular flexibility index (Phi) is 9.25. The lowest BCUT2D eigenvalue weighted by atomic mass is 9.99. The Morgan fingerprint density at radius 2 is 1.52 bits per heavy atom. The van der Waals surface area contributed by atoms with Gasteiger partial charge in [-0.15, -0.1) is 0 Å². The molecule has 7 heteroatoms. The van der Waals surface area contributed by atoms with Crippen LogP contribution < -0.4 is 10.6 Å². The number of hydrogen-bond donors (Lipinski definition) is 2. The van der Waals surface area contributed by atoms with E-state index < -0.39 is 23.8 Å². The van der Waals surface area contributed by atoms with Gasteiger partial charge < -0.3 is 20.3 Å². The van der Waals surface area contributed by atoms with E-state index in [4.69, 9.17) is 4.74 Å². The van der Waals surface area contributed by atoms with Crippen LogP contribution in [0, 0.1) is 6.92 Å². The number of carbonyl (C=O) groups is 3. The fourth-order valence-corrected chi connectivity index (χ4v) is 4.71. The number of amides is 3. The van der Waals surface area contributed by atoms with Crippen molar-refractivity contribution in [1.82, 2.24) is 15.5 Å². The van der Waals surface area contributed by atoms with Gasteiger partial charge >= 0.3 is 6.09 Å². The topological polar surface area (TPSA) is 87.7 Å². The molecule has 0 spiro atoms. The first-order valence-corrected chi connectivity index (χ1v) is 13.8. The maximum Gasteiger partial charge on any atom is 0.408 e. The summed E-state index contributed by atoms with van der Waals surface area (Å²) in [6, 6.07) is 25.1.